The molecule has 1 aliphatic rings. The Bertz CT molecular complexity index is 663. The molecule has 1 fully saturated rings. The number of hydrogen-bond acceptors (Lipinski definition) is 2. The van der Waals surface area contributed by atoms with Crippen molar-refractivity contribution in [2.75, 3.05) is 0 Å². The Morgan fingerprint density at radius 1 is 1.30 bits per heavy atom. The summed E-state index contributed by atoms with van der Waals surface area (Å²) in [5, 5.41) is 4.32. The lowest BCUT2D eigenvalue weighted by atomic mass is 10.0. The van der Waals surface area contributed by atoms with E-state index in [1.54, 1.807) is 0 Å². The van der Waals surface area contributed by atoms with Gasteiger partial charge in [-0.2, -0.15) is 0 Å². The van der Waals surface area contributed by atoms with Crippen molar-refractivity contribution in [3.05, 3.63) is 36.0 Å². The van der Waals surface area contributed by atoms with Crippen LogP contribution in [0, 0.1) is 5.92 Å². The van der Waals surface area contributed by atoms with Gasteiger partial charge in [0.15, 0.2) is 0 Å². The van der Waals surface area contributed by atoms with Gasteiger partial charge in [0.25, 0.3) is 0 Å². The number of fused-ring (bicyclic) bond motifs is 1. The molecule has 1 aromatic heterocycles. The van der Waals surface area contributed by atoms with Crippen LogP contribution in [0.3, 0.4) is 0 Å². The van der Waals surface area contributed by atoms with Crippen LogP contribution in [0.25, 0.3) is 10.9 Å². The lowest BCUT2D eigenvalue weighted by molar-refractivity contribution is -0.123. The third-order valence-corrected chi connectivity index (χ3v) is 5.06. The van der Waals surface area contributed by atoms with Crippen molar-refractivity contribution in [2.45, 2.75) is 57.5 Å². The van der Waals surface area contributed by atoms with Crippen molar-refractivity contribution in [2.24, 2.45) is 11.7 Å². The van der Waals surface area contributed by atoms with Crippen LogP contribution in [0.2, 0.25) is 0 Å². The molecule has 1 aliphatic carbocycles. The zero-order chi connectivity index (χ0) is 16.2. The Balaban J connectivity index is 1.59. The minimum Gasteiger partial charge on any atom is -0.361 e. The number of amides is 1. The summed E-state index contributed by atoms with van der Waals surface area (Å²) >= 11 is 0. The quantitative estimate of drug-likeness (QED) is 0.759. The molecular weight excluding hydrogens is 286 g/mol. The van der Waals surface area contributed by atoms with Crippen LogP contribution in [0.15, 0.2) is 30.5 Å². The summed E-state index contributed by atoms with van der Waals surface area (Å²) in [6.07, 6.45) is 8.35. The fraction of sp³-hybridized carbons (Fsp3) is 0.526. The van der Waals surface area contributed by atoms with Gasteiger partial charge in [-0.3, -0.25) is 4.79 Å². The smallest absolute Gasteiger partial charge is 0.237 e. The molecule has 0 radical (unpaired) electrons. The number of benzene rings is 1. The first-order chi connectivity index (χ1) is 11.1. The first kappa shape index (κ1) is 16.1. The van der Waals surface area contributed by atoms with E-state index >= 15 is 0 Å². The highest BCUT2D eigenvalue weighted by Crippen LogP contribution is 2.23. The van der Waals surface area contributed by atoms with Crippen LogP contribution in [0.4, 0.5) is 0 Å². The molecule has 0 saturated heterocycles. The third kappa shape index (κ3) is 3.94. The van der Waals surface area contributed by atoms with Gasteiger partial charge < -0.3 is 16.0 Å². The fourth-order valence-electron chi connectivity index (χ4n) is 3.57. The molecule has 3 atom stereocenters. The average Bonchev–Trinajstić information content (AvgIpc) is 2.84. The van der Waals surface area contributed by atoms with E-state index in [1.807, 2.05) is 24.4 Å². The van der Waals surface area contributed by atoms with Crippen LogP contribution < -0.4 is 11.1 Å². The van der Waals surface area contributed by atoms with Gasteiger partial charge in [0.2, 0.25) is 5.91 Å². The summed E-state index contributed by atoms with van der Waals surface area (Å²) < 4.78 is 0. The van der Waals surface area contributed by atoms with Crippen LogP contribution >= 0.6 is 0 Å². The first-order valence-corrected chi connectivity index (χ1v) is 8.74. The van der Waals surface area contributed by atoms with E-state index in [2.05, 4.69) is 23.3 Å². The topological polar surface area (TPSA) is 70.9 Å². The summed E-state index contributed by atoms with van der Waals surface area (Å²) in [5.41, 5.74) is 8.36. The standard InChI is InChI=1S/C19H27N3O/c1-13-5-4-6-15(10-9-13)22-19(23)17(20)11-14-12-21-18-8-3-2-7-16(14)18/h2-3,7-8,12-13,15,17,21H,4-6,9-11,20H2,1H3,(H,22,23)/t13?,15?,17-/m0/s1. The van der Waals surface area contributed by atoms with Crippen molar-refractivity contribution in [3.63, 3.8) is 0 Å². The van der Waals surface area contributed by atoms with Crippen molar-refractivity contribution in [1.29, 1.82) is 0 Å². The van der Waals surface area contributed by atoms with Crippen LogP contribution in [-0.2, 0) is 11.2 Å². The van der Waals surface area contributed by atoms with Gasteiger partial charge >= 0.3 is 0 Å². The van der Waals surface area contributed by atoms with E-state index in [4.69, 9.17) is 5.73 Å². The van der Waals surface area contributed by atoms with Crippen molar-refractivity contribution in [1.82, 2.24) is 10.3 Å². The predicted molar refractivity (Wildman–Crippen MR) is 94.2 cm³/mol. The number of H-pyrrole nitrogens is 1. The molecule has 3 rings (SSSR count). The minimum absolute atomic E-state index is 0.0187. The summed E-state index contributed by atoms with van der Waals surface area (Å²) in [4.78, 5) is 15.7. The number of rotatable bonds is 4. The molecule has 4 heteroatoms. The maximum Gasteiger partial charge on any atom is 0.237 e. The number of para-hydroxylation sites is 1. The van der Waals surface area contributed by atoms with Gasteiger partial charge in [0.05, 0.1) is 6.04 Å². The zero-order valence-corrected chi connectivity index (χ0v) is 13.8. The SMILES string of the molecule is CC1CCCC(NC(=O)[C@@H](N)Cc2c[nH]c3ccccc23)CC1. The zero-order valence-electron chi connectivity index (χ0n) is 13.8. The Kier molecular flexibility index (Phi) is 5.01. The molecule has 1 amide bonds. The van der Waals surface area contributed by atoms with Crippen LogP contribution in [0.1, 0.15) is 44.6 Å². The first-order valence-electron chi connectivity index (χ1n) is 8.74. The highest BCUT2D eigenvalue weighted by Gasteiger charge is 2.21. The second kappa shape index (κ2) is 7.18. The normalized spacial score (nSPS) is 23.4. The van der Waals surface area contributed by atoms with E-state index in [0.29, 0.717) is 12.5 Å². The number of carbonyl (C=O) groups is 1. The summed E-state index contributed by atoms with van der Waals surface area (Å²) in [6, 6.07) is 7.92. The Labute approximate surface area is 137 Å². The van der Waals surface area contributed by atoms with E-state index < -0.39 is 6.04 Å². The number of hydrogen-bond donors (Lipinski definition) is 3. The molecule has 1 saturated carbocycles. The van der Waals surface area contributed by atoms with Gasteiger partial charge in [-0.05, 0) is 43.2 Å². The van der Waals surface area contributed by atoms with Crippen molar-refractivity contribution < 1.29 is 4.79 Å². The molecular formula is C19H27N3O. The average molecular weight is 313 g/mol. The largest absolute Gasteiger partial charge is 0.361 e. The van der Waals surface area contributed by atoms with Crippen molar-refractivity contribution in [3.8, 4) is 0 Å². The second-order valence-electron chi connectivity index (χ2n) is 6.99. The molecule has 0 spiro atoms. The van der Waals surface area contributed by atoms with E-state index in [1.165, 1.54) is 19.3 Å². The Morgan fingerprint density at radius 3 is 3.00 bits per heavy atom. The number of nitrogens with one attached hydrogen (secondary N) is 2. The molecule has 0 aliphatic heterocycles. The molecule has 0 bridgehead atoms. The summed E-state index contributed by atoms with van der Waals surface area (Å²) in [7, 11) is 0. The van der Waals surface area contributed by atoms with Gasteiger partial charge in [-0.15, -0.1) is 0 Å². The van der Waals surface area contributed by atoms with E-state index in [-0.39, 0.29) is 5.91 Å². The molecule has 23 heavy (non-hydrogen) atoms. The van der Waals surface area contributed by atoms with E-state index in [0.717, 1.165) is 35.2 Å². The Morgan fingerprint density at radius 2 is 2.13 bits per heavy atom. The lowest BCUT2D eigenvalue weighted by Gasteiger charge is -2.19. The fourth-order valence-corrected chi connectivity index (χ4v) is 3.57. The van der Waals surface area contributed by atoms with Gasteiger partial charge in [0.1, 0.15) is 0 Å². The molecule has 4 N–H and O–H groups in total. The highest BCUT2D eigenvalue weighted by atomic mass is 16.2. The van der Waals surface area contributed by atoms with Gasteiger partial charge in [0, 0.05) is 23.1 Å². The molecule has 2 aromatic rings. The maximum absolute atomic E-state index is 12.4. The molecule has 4 nitrogen and oxygen atoms in total. The number of aromatic nitrogens is 1. The second-order valence-corrected chi connectivity index (χ2v) is 6.99. The molecule has 2 unspecified atom stereocenters. The molecule has 124 valence electrons. The summed E-state index contributed by atoms with van der Waals surface area (Å²) in [6.45, 7) is 2.30. The van der Waals surface area contributed by atoms with E-state index in [9.17, 15) is 4.79 Å². The lowest BCUT2D eigenvalue weighted by Crippen LogP contribution is -2.46. The molecule has 1 aromatic carbocycles. The maximum atomic E-state index is 12.4. The Hall–Kier alpha value is -1.81. The number of carbonyl (C=O) groups excluding carboxylic acids is 1. The minimum atomic E-state index is -0.491. The predicted octanol–water partition coefficient (Wildman–Crippen LogP) is 3.12. The molecule has 1 heterocycles. The third-order valence-electron chi connectivity index (χ3n) is 5.06. The highest BCUT2D eigenvalue weighted by molar-refractivity contribution is 5.86. The van der Waals surface area contributed by atoms with Crippen LogP contribution in [0.5, 0.6) is 0 Å². The number of nitrogens with two attached hydrogens (primary N) is 1. The summed E-state index contributed by atoms with van der Waals surface area (Å²) in [5.74, 6) is 0.756. The monoisotopic (exact) mass is 313 g/mol. The van der Waals surface area contributed by atoms with Crippen LogP contribution in [-0.4, -0.2) is 23.0 Å². The van der Waals surface area contributed by atoms with Crippen molar-refractivity contribution >= 4 is 16.8 Å². The van der Waals surface area contributed by atoms with Gasteiger partial charge in [-0.1, -0.05) is 38.0 Å². The van der Waals surface area contributed by atoms with Gasteiger partial charge in [-0.25, -0.2) is 0 Å². The number of aromatic amines is 1.